The van der Waals surface area contributed by atoms with Crippen LogP contribution in [-0.2, 0) is 4.79 Å². The Labute approximate surface area is 214 Å². The monoisotopic (exact) mass is 486 g/mol. The van der Waals surface area contributed by atoms with Crippen molar-refractivity contribution in [1.29, 1.82) is 0 Å². The molecular formula is C30H38N4O2. The Morgan fingerprint density at radius 2 is 1.42 bits per heavy atom. The maximum Gasteiger partial charge on any atom is 0.238 e. The van der Waals surface area contributed by atoms with E-state index in [1.807, 2.05) is 51.1 Å². The number of Topliss-reactive ketones (excluding diaryl/α,β-unsaturated/α-hetero) is 1. The number of benzene rings is 2. The fraction of sp³-hybridized carbons (Fsp3) is 0.400. The van der Waals surface area contributed by atoms with Gasteiger partial charge in [-0.1, -0.05) is 48.5 Å². The predicted octanol–water partition coefficient (Wildman–Crippen LogP) is 4.77. The molecule has 6 heteroatoms. The third kappa shape index (κ3) is 5.77. The van der Waals surface area contributed by atoms with Crippen LogP contribution in [-0.4, -0.2) is 65.3 Å². The Bertz CT molecular complexity index is 1200. The first-order valence-electron chi connectivity index (χ1n) is 12.8. The molecule has 0 spiro atoms. The van der Waals surface area contributed by atoms with Gasteiger partial charge >= 0.3 is 0 Å². The largest absolute Gasteiger partial charge is 0.341 e. The molecule has 2 heterocycles. The molecule has 1 unspecified atom stereocenters. The Morgan fingerprint density at radius 1 is 0.833 bits per heavy atom. The summed E-state index contributed by atoms with van der Waals surface area (Å²) >= 11 is 0. The molecule has 1 aromatic heterocycles. The number of aryl methyl sites for hydroxylation is 3. The van der Waals surface area contributed by atoms with Gasteiger partial charge in [0.2, 0.25) is 5.91 Å². The van der Waals surface area contributed by atoms with Gasteiger partial charge in [0.25, 0.3) is 0 Å². The number of para-hydroxylation sites is 1. The minimum absolute atomic E-state index is 0.0110. The number of rotatable bonds is 8. The van der Waals surface area contributed by atoms with E-state index in [4.69, 9.17) is 0 Å². The number of nitrogens with zero attached hydrogens (tertiary/aromatic N) is 3. The lowest BCUT2D eigenvalue weighted by Crippen LogP contribution is -2.49. The Kier molecular flexibility index (Phi) is 8.07. The van der Waals surface area contributed by atoms with Gasteiger partial charge in [-0.15, -0.1) is 0 Å². The van der Waals surface area contributed by atoms with Gasteiger partial charge in [-0.05, 0) is 57.4 Å². The van der Waals surface area contributed by atoms with Crippen LogP contribution < -0.4 is 5.32 Å². The summed E-state index contributed by atoms with van der Waals surface area (Å²) in [6.07, 6.45) is 0. The molecule has 1 atom stereocenters. The van der Waals surface area contributed by atoms with Gasteiger partial charge in [0.05, 0.1) is 19.1 Å². The Balaban J connectivity index is 1.31. The van der Waals surface area contributed by atoms with Crippen molar-refractivity contribution in [2.75, 3.05) is 44.6 Å². The van der Waals surface area contributed by atoms with Gasteiger partial charge in [0.1, 0.15) is 0 Å². The maximum atomic E-state index is 13.3. The molecule has 0 saturated carbocycles. The second-order valence-corrected chi connectivity index (χ2v) is 10.0. The summed E-state index contributed by atoms with van der Waals surface area (Å²) in [6, 6.07) is 18.6. The molecule has 1 fully saturated rings. The van der Waals surface area contributed by atoms with Crippen LogP contribution in [0.5, 0.6) is 0 Å². The van der Waals surface area contributed by atoms with E-state index in [2.05, 4.69) is 57.8 Å². The zero-order chi connectivity index (χ0) is 25.8. The molecule has 190 valence electrons. The first-order valence-corrected chi connectivity index (χ1v) is 12.8. The van der Waals surface area contributed by atoms with E-state index in [9.17, 15) is 9.59 Å². The van der Waals surface area contributed by atoms with Crippen LogP contribution in [0.2, 0.25) is 0 Å². The topological polar surface area (TPSA) is 57.6 Å². The van der Waals surface area contributed by atoms with Crippen molar-refractivity contribution in [3.05, 3.63) is 88.2 Å². The van der Waals surface area contributed by atoms with Crippen molar-refractivity contribution < 1.29 is 9.59 Å². The summed E-state index contributed by atoms with van der Waals surface area (Å²) in [5.41, 5.74) is 7.23. The lowest BCUT2D eigenvalue weighted by atomic mass is 10.1. The minimum atomic E-state index is 0.0110. The summed E-state index contributed by atoms with van der Waals surface area (Å²) in [7, 11) is 0. The average molecular weight is 487 g/mol. The lowest BCUT2D eigenvalue weighted by Gasteiger charge is -2.33. The van der Waals surface area contributed by atoms with E-state index in [1.54, 1.807) is 0 Å². The molecule has 0 bridgehead atoms. The molecule has 4 rings (SSSR count). The standard InChI is InChI=1S/C30H38N4O2/c1-21-10-9-11-22(2)30(21)31-29(36)20-33-16-14-32(15-17-33)19-28(35)27-18-23(3)34(25(27)5)24(4)26-12-7-6-8-13-26/h6-13,18,24H,14-17,19-20H2,1-5H3,(H,31,36). The third-order valence-corrected chi connectivity index (χ3v) is 7.40. The summed E-state index contributed by atoms with van der Waals surface area (Å²) in [5, 5.41) is 3.07. The molecule has 1 amide bonds. The van der Waals surface area contributed by atoms with Gasteiger partial charge in [0.15, 0.2) is 5.78 Å². The number of aromatic nitrogens is 1. The van der Waals surface area contributed by atoms with E-state index in [0.717, 1.165) is 59.9 Å². The average Bonchev–Trinajstić information content (AvgIpc) is 3.16. The van der Waals surface area contributed by atoms with Crippen molar-refractivity contribution in [2.24, 2.45) is 0 Å². The highest BCUT2D eigenvalue weighted by atomic mass is 16.2. The molecule has 1 aliphatic heterocycles. The molecule has 1 N–H and O–H groups in total. The van der Waals surface area contributed by atoms with Crippen LogP contribution in [0.4, 0.5) is 5.69 Å². The quantitative estimate of drug-likeness (QED) is 0.466. The molecule has 0 aliphatic carbocycles. The SMILES string of the molecule is Cc1cccc(C)c1NC(=O)CN1CCN(CC(=O)c2cc(C)n(C(C)c3ccccc3)c2C)CC1. The van der Waals surface area contributed by atoms with Crippen LogP contribution in [0.3, 0.4) is 0 Å². The normalized spacial score (nSPS) is 15.6. The number of nitrogens with one attached hydrogen (secondary N) is 1. The van der Waals surface area contributed by atoms with Crippen LogP contribution >= 0.6 is 0 Å². The summed E-state index contributed by atoms with van der Waals surface area (Å²) in [6.45, 7) is 14.2. The van der Waals surface area contributed by atoms with Crippen molar-refractivity contribution >= 4 is 17.4 Å². The van der Waals surface area contributed by atoms with Gasteiger partial charge in [-0.25, -0.2) is 0 Å². The number of hydrogen-bond acceptors (Lipinski definition) is 4. The van der Waals surface area contributed by atoms with Crippen LogP contribution in [0, 0.1) is 27.7 Å². The summed E-state index contributed by atoms with van der Waals surface area (Å²) in [4.78, 5) is 30.3. The zero-order valence-corrected chi connectivity index (χ0v) is 22.2. The Hall–Kier alpha value is -3.22. The zero-order valence-electron chi connectivity index (χ0n) is 22.2. The Morgan fingerprint density at radius 3 is 2.03 bits per heavy atom. The highest BCUT2D eigenvalue weighted by Gasteiger charge is 2.24. The molecule has 0 radical (unpaired) electrons. The number of carbonyl (C=O) groups is 2. The third-order valence-electron chi connectivity index (χ3n) is 7.40. The number of amides is 1. The smallest absolute Gasteiger partial charge is 0.238 e. The van der Waals surface area contributed by atoms with Crippen LogP contribution in [0.1, 0.15) is 51.4 Å². The molecule has 3 aromatic rings. The summed E-state index contributed by atoms with van der Waals surface area (Å²) in [5.74, 6) is 0.174. The van der Waals surface area contributed by atoms with E-state index in [-0.39, 0.29) is 17.7 Å². The molecule has 36 heavy (non-hydrogen) atoms. The predicted molar refractivity (Wildman–Crippen MR) is 146 cm³/mol. The van der Waals surface area contributed by atoms with Crippen LogP contribution in [0.15, 0.2) is 54.6 Å². The number of carbonyl (C=O) groups excluding carboxylic acids is 2. The van der Waals surface area contributed by atoms with E-state index in [0.29, 0.717) is 13.1 Å². The first-order chi connectivity index (χ1) is 17.2. The van der Waals surface area contributed by atoms with Crippen LogP contribution in [0.25, 0.3) is 0 Å². The lowest BCUT2D eigenvalue weighted by molar-refractivity contribution is -0.117. The van der Waals surface area contributed by atoms with Gasteiger partial charge in [-0.2, -0.15) is 0 Å². The fourth-order valence-electron chi connectivity index (χ4n) is 5.32. The van der Waals surface area contributed by atoms with Gasteiger partial charge in [-0.3, -0.25) is 19.4 Å². The minimum Gasteiger partial charge on any atom is -0.341 e. The molecule has 1 saturated heterocycles. The van der Waals surface area contributed by atoms with E-state index < -0.39 is 0 Å². The molecule has 6 nitrogen and oxygen atoms in total. The molecule has 1 aliphatic rings. The van der Waals surface area contributed by atoms with E-state index >= 15 is 0 Å². The van der Waals surface area contributed by atoms with Crippen molar-refractivity contribution in [2.45, 2.75) is 40.7 Å². The fourth-order valence-corrected chi connectivity index (χ4v) is 5.32. The van der Waals surface area contributed by atoms with Crippen molar-refractivity contribution in [3.8, 4) is 0 Å². The second-order valence-electron chi connectivity index (χ2n) is 10.0. The number of piperazine rings is 1. The van der Waals surface area contributed by atoms with E-state index in [1.165, 1.54) is 5.56 Å². The molecule has 2 aromatic carbocycles. The van der Waals surface area contributed by atoms with Gasteiger partial charge in [0, 0.05) is 48.8 Å². The van der Waals surface area contributed by atoms with Crippen molar-refractivity contribution in [3.63, 3.8) is 0 Å². The van der Waals surface area contributed by atoms with Crippen molar-refractivity contribution in [1.82, 2.24) is 14.4 Å². The first kappa shape index (κ1) is 25.9. The number of ketones is 1. The highest BCUT2D eigenvalue weighted by Crippen LogP contribution is 2.26. The maximum absolute atomic E-state index is 13.3. The highest BCUT2D eigenvalue weighted by molar-refractivity contribution is 5.99. The summed E-state index contributed by atoms with van der Waals surface area (Å²) < 4.78 is 2.26. The number of anilines is 1. The molecular weight excluding hydrogens is 448 g/mol. The second kappa shape index (κ2) is 11.2. The number of hydrogen-bond donors (Lipinski definition) is 1. The van der Waals surface area contributed by atoms with Gasteiger partial charge < -0.3 is 9.88 Å².